The maximum Gasteiger partial charge on any atom is 0.119 e. The predicted octanol–water partition coefficient (Wildman–Crippen LogP) is 3.29. The topological polar surface area (TPSA) is 41.5 Å². The molecule has 1 aromatic rings. The molecule has 0 aliphatic carbocycles. The average molecular weight is 265 g/mol. The number of ether oxygens (including phenoxy) is 1. The van der Waals surface area contributed by atoms with Gasteiger partial charge in [-0.1, -0.05) is 32.9 Å². The van der Waals surface area contributed by atoms with Gasteiger partial charge in [0.05, 0.1) is 5.60 Å². The number of rotatable bonds is 8. The molecule has 0 spiro atoms. The van der Waals surface area contributed by atoms with Crippen LogP contribution in [0.15, 0.2) is 24.3 Å². The Morgan fingerprint density at radius 1 is 1.26 bits per heavy atom. The lowest BCUT2D eigenvalue weighted by atomic mass is 9.99. The minimum Gasteiger partial charge on any atom is -0.491 e. The van der Waals surface area contributed by atoms with Crippen molar-refractivity contribution in [2.45, 2.75) is 52.2 Å². The molecule has 19 heavy (non-hydrogen) atoms. The fourth-order valence-corrected chi connectivity index (χ4v) is 1.97. The Balaban J connectivity index is 2.67. The van der Waals surface area contributed by atoms with Crippen LogP contribution in [-0.4, -0.2) is 23.9 Å². The maximum atomic E-state index is 10.2. The first-order valence-corrected chi connectivity index (χ1v) is 7.23. The van der Waals surface area contributed by atoms with Crippen LogP contribution in [0, 0.1) is 0 Å². The van der Waals surface area contributed by atoms with Gasteiger partial charge in [0.2, 0.25) is 0 Å². The van der Waals surface area contributed by atoms with E-state index < -0.39 is 5.60 Å². The molecule has 0 saturated carbocycles. The van der Waals surface area contributed by atoms with E-state index in [9.17, 15) is 5.11 Å². The Morgan fingerprint density at radius 3 is 2.53 bits per heavy atom. The molecule has 3 heteroatoms. The molecule has 0 saturated heterocycles. The minimum atomic E-state index is -0.719. The summed E-state index contributed by atoms with van der Waals surface area (Å²) in [5, 5.41) is 13.6. The molecule has 0 aliphatic heterocycles. The van der Waals surface area contributed by atoms with E-state index in [1.54, 1.807) is 0 Å². The zero-order chi connectivity index (χ0) is 14.3. The second-order valence-corrected chi connectivity index (χ2v) is 5.07. The van der Waals surface area contributed by atoms with Crippen LogP contribution in [0.2, 0.25) is 0 Å². The SMILES string of the molecule is CCNC(C)c1cccc(OCC(O)(CC)CC)c1. The average Bonchev–Trinajstić information content (AvgIpc) is 2.45. The van der Waals surface area contributed by atoms with E-state index in [1.165, 1.54) is 5.56 Å². The lowest BCUT2D eigenvalue weighted by Crippen LogP contribution is -2.34. The van der Waals surface area contributed by atoms with Crippen LogP contribution in [-0.2, 0) is 0 Å². The summed E-state index contributed by atoms with van der Waals surface area (Å²) in [7, 11) is 0. The zero-order valence-corrected chi connectivity index (χ0v) is 12.6. The Kier molecular flexibility index (Phi) is 6.32. The van der Waals surface area contributed by atoms with Crippen LogP contribution in [0.1, 0.15) is 52.1 Å². The summed E-state index contributed by atoms with van der Waals surface area (Å²) in [6.45, 7) is 9.49. The fourth-order valence-electron chi connectivity index (χ4n) is 1.97. The van der Waals surface area contributed by atoms with Crippen LogP contribution in [0.3, 0.4) is 0 Å². The third-order valence-corrected chi connectivity index (χ3v) is 3.69. The molecular formula is C16H27NO2. The van der Waals surface area contributed by atoms with Crippen molar-refractivity contribution in [3.63, 3.8) is 0 Å². The van der Waals surface area contributed by atoms with Gasteiger partial charge in [0.1, 0.15) is 12.4 Å². The highest BCUT2D eigenvalue weighted by Gasteiger charge is 2.23. The summed E-state index contributed by atoms with van der Waals surface area (Å²) in [4.78, 5) is 0. The van der Waals surface area contributed by atoms with E-state index in [2.05, 4.69) is 25.2 Å². The molecule has 0 aliphatic rings. The number of nitrogens with one attached hydrogen (secondary N) is 1. The van der Waals surface area contributed by atoms with Gasteiger partial charge < -0.3 is 15.2 Å². The van der Waals surface area contributed by atoms with E-state index >= 15 is 0 Å². The van der Waals surface area contributed by atoms with Gasteiger partial charge in [0, 0.05) is 6.04 Å². The summed E-state index contributed by atoms with van der Waals surface area (Å²) in [6.07, 6.45) is 1.41. The highest BCUT2D eigenvalue weighted by atomic mass is 16.5. The summed E-state index contributed by atoms with van der Waals surface area (Å²) < 4.78 is 5.74. The molecule has 3 nitrogen and oxygen atoms in total. The van der Waals surface area contributed by atoms with Crippen LogP contribution in [0.4, 0.5) is 0 Å². The lowest BCUT2D eigenvalue weighted by Gasteiger charge is -2.25. The van der Waals surface area contributed by atoms with Crippen molar-refractivity contribution in [2.75, 3.05) is 13.2 Å². The molecule has 0 heterocycles. The van der Waals surface area contributed by atoms with E-state index in [4.69, 9.17) is 4.74 Å². The van der Waals surface area contributed by atoms with E-state index in [-0.39, 0.29) is 0 Å². The molecule has 0 bridgehead atoms. The molecular weight excluding hydrogens is 238 g/mol. The number of hydrogen-bond acceptors (Lipinski definition) is 3. The standard InChI is InChI=1S/C16H27NO2/c1-5-16(18,6-2)12-19-15-10-8-9-14(11-15)13(4)17-7-3/h8-11,13,17-18H,5-7,12H2,1-4H3. The van der Waals surface area contributed by atoms with Crippen LogP contribution in [0.25, 0.3) is 0 Å². The molecule has 108 valence electrons. The van der Waals surface area contributed by atoms with Gasteiger partial charge >= 0.3 is 0 Å². The van der Waals surface area contributed by atoms with E-state index in [1.807, 2.05) is 32.0 Å². The molecule has 1 unspecified atom stereocenters. The van der Waals surface area contributed by atoms with Gasteiger partial charge in [0.25, 0.3) is 0 Å². The Labute approximate surface area is 117 Å². The molecule has 0 amide bonds. The second kappa shape index (κ2) is 7.51. The summed E-state index contributed by atoms with van der Waals surface area (Å²) in [6, 6.07) is 8.37. The first-order valence-electron chi connectivity index (χ1n) is 7.23. The second-order valence-electron chi connectivity index (χ2n) is 5.07. The van der Waals surface area contributed by atoms with Crippen LogP contribution in [0.5, 0.6) is 5.75 Å². The van der Waals surface area contributed by atoms with Gasteiger partial charge in [-0.3, -0.25) is 0 Å². The summed E-state index contributed by atoms with van der Waals surface area (Å²) in [5.41, 5.74) is 0.486. The van der Waals surface area contributed by atoms with Crippen molar-refractivity contribution in [3.05, 3.63) is 29.8 Å². The molecule has 0 radical (unpaired) electrons. The van der Waals surface area contributed by atoms with Crippen molar-refractivity contribution in [1.82, 2.24) is 5.32 Å². The van der Waals surface area contributed by atoms with Gasteiger partial charge in [0.15, 0.2) is 0 Å². The first-order chi connectivity index (χ1) is 9.04. The smallest absolute Gasteiger partial charge is 0.119 e. The monoisotopic (exact) mass is 265 g/mol. The molecule has 1 atom stereocenters. The zero-order valence-electron chi connectivity index (χ0n) is 12.6. The highest BCUT2D eigenvalue weighted by molar-refractivity contribution is 5.30. The van der Waals surface area contributed by atoms with Gasteiger partial charge in [-0.05, 0) is 44.0 Å². The molecule has 1 aromatic carbocycles. The number of hydrogen-bond donors (Lipinski definition) is 2. The summed E-state index contributed by atoms with van der Waals surface area (Å²) >= 11 is 0. The molecule has 0 fully saturated rings. The minimum absolute atomic E-state index is 0.310. The maximum absolute atomic E-state index is 10.2. The fraction of sp³-hybridized carbons (Fsp3) is 0.625. The quantitative estimate of drug-likeness (QED) is 0.758. The predicted molar refractivity (Wildman–Crippen MR) is 79.6 cm³/mol. The molecule has 1 rings (SSSR count). The van der Waals surface area contributed by atoms with Gasteiger partial charge in [-0.2, -0.15) is 0 Å². The third-order valence-electron chi connectivity index (χ3n) is 3.69. The molecule has 0 aromatic heterocycles. The third kappa shape index (κ3) is 4.84. The Bertz CT molecular complexity index is 375. The Hall–Kier alpha value is -1.06. The van der Waals surface area contributed by atoms with E-state index in [0.29, 0.717) is 25.5 Å². The van der Waals surface area contributed by atoms with Crippen molar-refractivity contribution >= 4 is 0 Å². The molecule has 2 N–H and O–H groups in total. The Morgan fingerprint density at radius 2 is 1.95 bits per heavy atom. The van der Waals surface area contributed by atoms with Crippen molar-refractivity contribution in [1.29, 1.82) is 0 Å². The number of aliphatic hydroxyl groups is 1. The normalized spacial score (nSPS) is 13.3. The van der Waals surface area contributed by atoms with Crippen molar-refractivity contribution in [3.8, 4) is 5.75 Å². The largest absolute Gasteiger partial charge is 0.491 e. The van der Waals surface area contributed by atoms with Crippen molar-refractivity contribution in [2.24, 2.45) is 0 Å². The van der Waals surface area contributed by atoms with Gasteiger partial charge in [-0.15, -0.1) is 0 Å². The van der Waals surface area contributed by atoms with Crippen molar-refractivity contribution < 1.29 is 9.84 Å². The van der Waals surface area contributed by atoms with Gasteiger partial charge in [-0.25, -0.2) is 0 Å². The summed E-state index contributed by atoms with van der Waals surface area (Å²) in [5.74, 6) is 0.822. The van der Waals surface area contributed by atoms with E-state index in [0.717, 1.165) is 12.3 Å². The lowest BCUT2D eigenvalue weighted by molar-refractivity contribution is -0.0113. The first kappa shape index (κ1) is 16.0. The highest BCUT2D eigenvalue weighted by Crippen LogP contribution is 2.21. The van der Waals surface area contributed by atoms with Crippen LogP contribution >= 0.6 is 0 Å². The number of benzene rings is 1. The van der Waals surface area contributed by atoms with Crippen LogP contribution < -0.4 is 10.1 Å².